The molecular formula is C20H20FNO6. The number of anilines is 1. The fourth-order valence-electron chi connectivity index (χ4n) is 4.73. The number of ketones is 2. The normalized spacial score (nSPS) is 29.4. The second-order valence-corrected chi connectivity index (χ2v) is 7.65. The van der Waals surface area contributed by atoms with E-state index in [4.69, 9.17) is 0 Å². The predicted molar refractivity (Wildman–Crippen MR) is 97.4 cm³/mol. The Balaban J connectivity index is 1.95. The highest BCUT2D eigenvalue weighted by molar-refractivity contribution is 6.13. The first kappa shape index (κ1) is 18.5. The molecule has 0 amide bonds. The third-order valence-electron chi connectivity index (χ3n) is 6.29. The number of aromatic hydroxyl groups is 1. The molecule has 0 bridgehead atoms. The Hall–Kier alpha value is -2.87. The van der Waals surface area contributed by atoms with Gasteiger partial charge >= 0.3 is 0 Å². The summed E-state index contributed by atoms with van der Waals surface area (Å²) in [7, 11) is 1.47. The third-order valence-corrected chi connectivity index (χ3v) is 6.29. The van der Waals surface area contributed by atoms with E-state index in [0.717, 1.165) is 6.07 Å². The van der Waals surface area contributed by atoms with Crippen LogP contribution >= 0.6 is 0 Å². The molecule has 0 saturated heterocycles. The minimum absolute atomic E-state index is 0.0219. The number of aliphatic hydroxyl groups excluding tert-OH is 2. The first-order chi connectivity index (χ1) is 13.1. The second kappa shape index (κ2) is 5.81. The fraction of sp³-hybridized carbons (Fsp3) is 0.400. The van der Waals surface area contributed by atoms with Gasteiger partial charge in [0.15, 0.2) is 11.4 Å². The van der Waals surface area contributed by atoms with Gasteiger partial charge in [0.2, 0.25) is 5.78 Å². The number of phenolic OH excluding ortho intramolecular Hbond substituents is 1. The molecule has 0 heterocycles. The molecule has 148 valence electrons. The standard InChI is InChI=1S/C20H20FNO6/c1-7-13(23)5-9-3-8-4-10-11(21)6-12(22-2)16(24)15(10)17(25)14(8)19(27)20(9,28)18(7)26/h6,8-9,22,24-26,28H,3-5H2,1-2H3/t8?,9-,20+/m0/s1. The molecule has 1 saturated carbocycles. The summed E-state index contributed by atoms with van der Waals surface area (Å²) in [6, 6.07) is 1.11. The number of rotatable bonds is 1. The van der Waals surface area contributed by atoms with Gasteiger partial charge in [0.25, 0.3) is 0 Å². The number of hydrogen-bond acceptors (Lipinski definition) is 7. The molecule has 1 aromatic carbocycles. The predicted octanol–water partition coefficient (Wildman–Crippen LogP) is 2.14. The average Bonchev–Trinajstić information content (AvgIpc) is 2.65. The zero-order valence-corrected chi connectivity index (χ0v) is 15.3. The minimum Gasteiger partial charge on any atom is -0.508 e. The van der Waals surface area contributed by atoms with Crippen LogP contribution in [0.15, 0.2) is 23.0 Å². The van der Waals surface area contributed by atoms with E-state index >= 15 is 0 Å². The molecule has 0 radical (unpaired) electrons. The Morgan fingerprint density at radius 1 is 1.21 bits per heavy atom. The Bertz CT molecular complexity index is 1010. The Kier molecular flexibility index (Phi) is 3.84. The van der Waals surface area contributed by atoms with Crippen molar-refractivity contribution in [3.8, 4) is 5.75 Å². The smallest absolute Gasteiger partial charge is 0.202 e. The summed E-state index contributed by atoms with van der Waals surface area (Å²) in [4.78, 5) is 25.3. The van der Waals surface area contributed by atoms with Crippen molar-refractivity contribution in [2.75, 3.05) is 12.4 Å². The number of hydrogen-bond donors (Lipinski definition) is 5. The SMILES string of the molecule is CNc1cc(F)c2c(c1O)C(O)=C1C(=O)[C@]3(O)C(O)=C(C)C(=O)C[C@@H]3CC1C2. The summed E-state index contributed by atoms with van der Waals surface area (Å²) in [6.07, 6.45) is 0.00811. The molecule has 3 aliphatic rings. The molecule has 0 spiro atoms. The Labute approximate surface area is 159 Å². The molecule has 5 N–H and O–H groups in total. The van der Waals surface area contributed by atoms with Gasteiger partial charge in [-0.2, -0.15) is 0 Å². The topological polar surface area (TPSA) is 127 Å². The van der Waals surface area contributed by atoms with E-state index in [-0.39, 0.29) is 53.0 Å². The fourth-order valence-corrected chi connectivity index (χ4v) is 4.73. The van der Waals surface area contributed by atoms with Crippen molar-refractivity contribution in [2.24, 2.45) is 11.8 Å². The minimum atomic E-state index is -2.32. The number of benzene rings is 1. The zero-order valence-electron chi connectivity index (χ0n) is 15.3. The van der Waals surface area contributed by atoms with Crippen LogP contribution in [-0.2, 0) is 16.0 Å². The molecule has 0 aromatic heterocycles. The van der Waals surface area contributed by atoms with Crippen LogP contribution in [0.1, 0.15) is 30.9 Å². The highest BCUT2D eigenvalue weighted by atomic mass is 19.1. The van der Waals surface area contributed by atoms with Gasteiger partial charge in [-0.05, 0) is 25.7 Å². The highest BCUT2D eigenvalue weighted by Gasteiger charge is 2.59. The van der Waals surface area contributed by atoms with Gasteiger partial charge in [-0.15, -0.1) is 0 Å². The first-order valence-corrected chi connectivity index (χ1v) is 8.99. The van der Waals surface area contributed by atoms with E-state index in [9.17, 15) is 34.4 Å². The van der Waals surface area contributed by atoms with Gasteiger partial charge in [-0.1, -0.05) is 0 Å². The Morgan fingerprint density at radius 2 is 1.89 bits per heavy atom. The molecule has 4 rings (SSSR count). The number of fused-ring (bicyclic) bond motifs is 3. The quantitative estimate of drug-likeness (QED) is 0.466. The number of aliphatic hydroxyl groups is 3. The maximum absolute atomic E-state index is 14.6. The van der Waals surface area contributed by atoms with Gasteiger partial charge in [-0.3, -0.25) is 9.59 Å². The van der Waals surface area contributed by atoms with Crippen molar-refractivity contribution in [3.63, 3.8) is 0 Å². The van der Waals surface area contributed by atoms with Crippen LogP contribution < -0.4 is 5.32 Å². The molecule has 3 atom stereocenters. The van der Waals surface area contributed by atoms with Crippen LogP contribution in [0.4, 0.5) is 10.1 Å². The van der Waals surface area contributed by atoms with Crippen LogP contribution in [0.25, 0.3) is 5.76 Å². The summed E-state index contributed by atoms with van der Waals surface area (Å²) in [5.74, 6) is -5.16. The molecule has 28 heavy (non-hydrogen) atoms. The number of phenols is 1. The van der Waals surface area contributed by atoms with Crippen molar-refractivity contribution in [1.29, 1.82) is 0 Å². The third kappa shape index (κ3) is 2.12. The van der Waals surface area contributed by atoms with Crippen molar-refractivity contribution in [2.45, 2.75) is 31.8 Å². The first-order valence-electron chi connectivity index (χ1n) is 8.99. The molecule has 7 nitrogen and oxygen atoms in total. The van der Waals surface area contributed by atoms with Gasteiger partial charge in [0, 0.05) is 42.2 Å². The van der Waals surface area contributed by atoms with Gasteiger partial charge in [0.05, 0.1) is 11.3 Å². The van der Waals surface area contributed by atoms with Crippen molar-refractivity contribution < 1.29 is 34.4 Å². The summed E-state index contributed by atoms with van der Waals surface area (Å²) in [5.41, 5.74) is -2.65. The average molecular weight is 389 g/mol. The van der Waals surface area contributed by atoms with Crippen molar-refractivity contribution >= 4 is 23.0 Å². The number of carbonyl (C=O) groups excluding carboxylic acids is 2. The number of halogens is 1. The molecule has 1 unspecified atom stereocenters. The number of nitrogens with one attached hydrogen (secondary N) is 1. The molecular weight excluding hydrogens is 369 g/mol. The van der Waals surface area contributed by atoms with Crippen LogP contribution in [0, 0.1) is 17.7 Å². The summed E-state index contributed by atoms with van der Waals surface area (Å²) < 4.78 is 14.6. The summed E-state index contributed by atoms with van der Waals surface area (Å²) in [5, 5.41) is 45.3. The number of Topliss-reactive ketones (excluding diaryl/α,β-unsaturated/α-hetero) is 2. The van der Waals surface area contributed by atoms with Crippen molar-refractivity contribution in [1.82, 2.24) is 0 Å². The van der Waals surface area contributed by atoms with Crippen LogP contribution in [0.3, 0.4) is 0 Å². The lowest BCUT2D eigenvalue weighted by Gasteiger charge is -2.46. The van der Waals surface area contributed by atoms with E-state index in [1.807, 2.05) is 0 Å². The van der Waals surface area contributed by atoms with Gasteiger partial charge in [-0.25, -0.2) is 4.39 Å². The van der Waals surface area contributed by atoms with E-state index in [1.54, 1.807) is 0 Å². The number of allylic oxidation sites excluding steroid dienone is 1. The van der Waals surface area contributed by atoms with E-state index < -0.39 is 46.3 Å². The monoisotopic (exact) mass is 389 g/mol. The lowest BCUT2D eigenvalue weighted by molar-refractivity contribution is -0.147. The molecule has 1 aromatic rings. The van der Waals surface area contributed by atoms with Crippen LogP contribution in [0.5, 0.6) is 5.75 Å². The summed E-state index contributed by atoms with van der Waals surface area (Å²) >= 11 is 0. The lowest BCUT2D eigenvalue weighted by Crippen LogP contribution is -2.57. The van der Waals surface area contributed by atoms with E-state index in [0.29, 0.717) is 0 Å². The number of carbonyl (C=O) groups is 2. The molecule has 0 aliphatic heterocycles. The lowest BCUT2D eigenvalue weighted by atomic mass is 9.59. The molecule has 3 aliphatic carbocycles. The van der Waals surface area contributed by atoms with Crippen LogP contribution in [-0.4, -0.2) is 44.6 Å². The second-order valence-electron chi connectivity index (χ2n) is 7.65. The maximum atomic E-state index is 14.6. The highest BCUT2D eigenvalue weighted by Crippen LogP contribution is 2.52. The van der Waals surface area contributed by atoms with Gasteiger partial charge in [0.1, 0.15) is 23.1 Å². The van der Waals surface area contributed by atoms with E-state index in [2.05, 4.69) is 5.32 Å². The van der Waals surface area contributed by atoms with Crippen molar-refractivity contribution in [3.05, 3.63) is 39.9 Å². The molecule has 8 heteroatoms. The largest absolute Gasteiger partial charge is 0.508 e. The molecule has 1 fully saturated rings. The summed E-state index contributed by atoms with van der Waals surface area (Å²) in [6.45, 7) is 1.33. The maximum Gasteiger partial charge on any atom is 0.202 e. The van der Waals surface area contributed by atoms with Crippen LogP contribution in [0.2, 0.25) is 0 Å². The van der Waals surface area contributed by atoms with Gasteiger partial charge < -0.3 is 25.7 Å². The Morgan fingerprint density at radius 3 is 2.54 bits per heavy atom. The van der Waals surface area contributed by atoms with E-state index in [1.165, 1.54) is 14.0 Å². The zero-order chi connectivity index (χ0) is 20.5.